The Bertz CT molecular complexity index is 867. The van der Waals surface area contributed by atoms with Crippen LogP contribution in [-0.2, 0) is 11.3 Å². The number of hydrogen-bond acceptors (Lipinski definition) is 8. The van der Waals surface area contributed by atoms with E-state index in [0.29, 0.717) is 33.2 Å². The molecule has 3 rings (SSSR count). The van der Waals surface area contributed by atoms with Crippen LogP contribution in [0.3, 0.4) is 0 Å². The topological polar surface area (TPSA) is 83.4 Å². The Morgan fingerprint density at radius 2 is 2.04 bits per heavy atom. The molecule has 2 aromatic heterocycles. The van der Waals surface area contributed by atoms with Gasteiger partial charge in [0.1, 0.15) is 12.3 Å². The molecule has 0 aliphatic carbocycles. The molecular formula is C17H15N3O4S. The quantitative estimate of drug-likeness (QED) is 0.627. The summed E-state index contributed by atoms with van der Waals surface area (Å²) in [6.07, 6.45) is 3.27. The number of carbonyl (C=O) groups is 1. The molecule has 0 aliphatic heterocycles. The molecule has 0 saturated heterocycles. The van der Waals surface area contributed by atoms with Gasteiger partial charge in [0, 0.05) is 23.5 Å². The van der Waals surface area contributed by atoms with Gasteiger partial charge in [0.25, 0.3) is 0 Å². The number of esters is 1. The van der Waals surface area contributed by atoms with Crippen molar-refractivity contribution >= 4 is 17.5 Å². The summed E-state index contributed by atoms with van der Waals surface area (Å²) in [5, 5.41) is 4.01. The van der Waals surface area contributed by atoms with E-state index < -0.39 is 5.97 Å². The molecule has 0 unspecified atom stereocenters. The van der Waals surface area contributed by atoms with Gasteiger partial charge in [-0.2, -0.15) is 0 Å². The third-order valence-corrected chi connectivity index (χ3v) is 4.16. The zero-order valence-corrected chi connectivity index (χ0v) is 14.4. The van der Waals surface area contributed by atoms with Crippen LogP contribution in [0, 0.1) is 0 Å². The van der Waals surface area contributed by atoms with Gasteiger partial charge in [0.2, 0.25) is 0 Å². The number of aromatic nitrogens is 3. The first-order valence-corrected chi connectivity index (χ1v) is 8.11. The molecule has 0 N–H and O–H groups in total. The fourth-order valence-corrected chi connectivity index (χ4v) is 2.88. The van der Waals surface area contributed by atoms with Crippen molar-refractivity contribution in [3.05, 3.63) is 53.2 Å². The number of benzene rings is 1. The SMILES string of the molecule is COc1cccc(COC(=O)c2snnc2-c2cccnc2)c1OC. The van der Waals surface area contributed by atoms with Crippen molar-refractivity contribution in [2.75, 3.05) is 14.2 Å². The van der Waals surface area contributed by atoms with Crippen LogP contribution in [0.5, 0.6) is 11.5 Å². The second kappa shape index (κ2) is 7.71. The maximum atomic E-state index is 12.4. The third-order valence-electron chi connectivity index (χ3n) is 3.45. The van der Waals surface area contributed by atoms with Crippen LogP contribution in [-0.4, -0.2) is 34.8 Å². The van der Waals surface area contributed by atoms with Crippen LogP contribution in [0.25, 0.3) is 11.3 Å². The van der Waals surface area contributed by atoms with Crippen LogP contribution in [0.15, 0.2) is 42.7 Å². The van der Waals surface area contributed by atoms with E-state index in [0.717, 1.165) is 11.5 Å². The second-order valence-corrected chi connectivity index (χ2v) is 5.68. The lowest BCUT2D eigenvalue weighted by Gasteiger charge is -2.12. The Labute approximate surface area is 148 Å². The molecule has 0 amide bonds. The molecule has 0 aliphatic rings. The number of pyridine rings is 1. The Kier molecular flexibility index (Phi) is 5.20. The minimum Gasteiger partial charge on any atom is -0.493 e. The molecule has 0 radical (unpaired) electrons. The summed E-state index contributed by atoms with van der Waals surface area (Å²) in [6.45, 7) is 0.0452. The average Bonchev–Trinajstić information content (AvgIpc) is 3.16. The van der Waals surface area contributed by atoms with Gasteiger partial charge < -0.3 is 14.2 Å². The predicted molar refractivity (Wildman–Crippen MR) is 91.8 cm³/mol. The normalized spacial score (nSPS) is 10.3. The lowest BCUT2D eigenvalue weighted by atomic mass is 10.2. The van der Waals surface area contributed by atoms with E-state index in [-0.39, 0.29) is 6.61 Å². The Balaban J connectivity index is 1.78. The highest BCUT2D eigenvalue weighted by Gasteiger charge is 2.20. The standard InChI is InChI=1S/C17H15N3O4S/c1-22-13-7-3-5-12(15(13)23-2)10-24-17(21)16-14(19-20-25-16)11-6-4-8-18-9-11/h3-9H,10H2,1-2H3. The number of carbonyl (C=O) groups excluding carboxylic acids is 1. The number of para-hydroxylation sites is 1. The van der Waals surface area contributed by atoms with Crippen molar-refractivity contribution in [3.8, 4) is 22.8 Å². The van der Waals surface area contributed by atoms with Gasteiger partial charge >= 0.3 is 5.97 Å². The van der Waals surface area contributed by atoms with Gasteiger partial charge in [0.15, 0.2) is 16.4 Å². The first-order valence-electron chi connectivity index (χ1n) is 7.34. The minimum atomic E-state index is -0.501. The van der Waals surface area contributed by atoms with Gasteiger partial charge in [-0.05, 0) is 29.7 Å². The lowest BCUT2D eigenvalue weighted by Crippen LogP contribution is -2.06. The third kappa shape index (κ3) is 3.58. The maximum absolute atomic E-state index is 12.4. The van der Waals surface area contributed by atoms with E-state index in [1.165, 1.54) is 7.11 Å². The number of methoxy groups -OCH3 is 2. The van der Waals surface area contributed by atoms with Crippen LogP contribution in [0.4, 0.5) is 0 Å². The molecule has 3 aromatic rings. The van der Waals surface area contributed by atoms with Gasteiger partial charge in [0.05, 0.1) is 14.2 Å². The molecule has 0 bridgehead atoms. The fraction of sp³-hybridized carbons (Fsp3) is 0.176. The molecule has 0 atom stereocenters. The van der Waals surface area contributed by atoms with Crippen LogP contribution < -0.4 is 9.47 Å². The molecule has 0 saturated carbocycles. The monoisotopic (exact) mass is 357 g/mol. The van der Waals surface area contributed by atoms with E-state index in [1.807, 2.05) is 12.1 Å². The molecule has 0 spiro atoms. The fourth-order valence-electron chi connectivity index (χ4n) is 2.29. The van der Waals surface area contributed by atoms with Crippen LogP contribution >= 0.6 is 11.5 Å². The van der Waals surface area contributed by atoms with E-state index >= 15 is 0 Å². The summed E-state index contributed by atoms with van der Waals surface area (Å²) >= 11 is 0.986. The summed E-state index contributed by atoms with van der Waals surface area (Å²) < 4.78 is 19.8. The second-order valence-electron chi connectivity index (χ2n) is 4.92. The molecule has 25 heavy (non-hydrogen) atoms. The molecule has 8 heteroatoms. The average molecular weight is 357 g/mol. The van der Waals surface area contributed by atoms with Crippen molar-refractivity contribution in [1.82, 2.24) is 14.6 Å². The van der Waals surface area contributed by atoms with Crippen molar-refractivity contribution in [3.63, 3.8) is 0 Å². The van der Waals surface area contributed by atoms with Gasteiger partial charge in [-0.15, -0.1) is 5.10 Å². The Morgan fingerprint density at radius 1 is 1.16 bits per heavy atom. The largest absolute Gasteiger partial charge is 0.493 e. The predicted octanol–water partition coefficient (Wildman–Crippen LogP) is 2.97. The Hall–Kier alpha value is -3.00. The maximum Gasteiger partial charge on any atom is 0.352 e. The van der Waals surface area contributed by atoms with E-state index in [9.17, 15) is 4.79 Å². The number of rotatable bonds is 6. The minimum absolute atomic E-state index is 0.0452. The van der Waals surface area contributed by atoms with Crippen molar-refractivity contribution < 1.29 is 19.0 Å². The molecule has 128 valence electrons. The van der Waals surface area contributed by atoms with Gasteiger partial charge in [-0.3, -0.25) is 4.98 Å². The van der Waals surface area contributed by atoms with E-state index in [2.05, 4.69) is 14.6 Å². The first-order chi connectivity index (χ1) is 12.2. The lowest BCUT2D eigenvalue weighted by molar-refractivity contribution is 0.0476. The van der Waals surface area contributed by atoms with Gasteiger partial charge in [-0.1, -0.05) is 16.6 Å². The smallest absolute Gasteiger partial charge is 0.352 e. The summed E-state index contributed by atoms with van der Waals surface area (Å²) in [6, 6.07) is 8.97. The van der Waals surface area contributed by atoms with Crippen LogP contribution in [0.2, 0.25) is 0 Å². The highest BCUT2D eigenvalue weighted by molar-refractivity contribution is 7.08. The van der Waals surface area contributed by atoms with Crippen molar-refractivity contribution in [1.29, 1.82) is 0 Å². The molecule has 0 fully saturated rings. The van der Waals surface area contributed by atoms with Crippen LogP contribution in [0.1, 0.15) is 15.2 Å². The number of nitrogens with zero attached hydrogens (tertiary/aromatic N) is 3. The number of ether oxygens (including phenoxy) is 3. The molecular weight excluding hydrogens is 342 g/mol. The van der Waals surface area contributed by atoms with Gasteiger partial charge in [-0.25, -0.2) is 4.79 Å². The van der Waals surface area contributed by atoms with Crippen molar-refractivity contribution in [2.24, 2.45) is 0 Å². The first kappa shape index (κ1) is 16.8. The number of hydrogen-bond donors (Lipinski definition) is 0. The molecule has 2 heterocycles. The highest BCUT2D eigenvalue weighted by Crippen LogP contribution is 2.31. The summed E-state index contributed by atoms with van der Waals surface area (Å²) in [7, 11) is 3.09. The van der Waals surface area contributed by atoms with E-state index in [1.54, 1.807) is 37.7 Å². The Morgan fingerprint density at radius 3 is 2.76 bits per heavy atom. The van der Waals surface area contributed by atoms with Crippen molar-refractivity contribution in [2.45, 2.75) is 6.61 Å². The zero-order chi connectivity index (χ0) is 17.6. The zero-order valence-electron chi connectivity index (χ0n) is 13.6. The molecule has 7 nitrogen and oxygen atoms in total. The summed E-state index contributed by atoms with van der Waals surface area (Å²) in [5.74, 6) is 0.609. The highest BCUT2D eigenvalue weighted by atomic mass is 32.1. The summed E-state index contributed by atoms with van der Waals surface area (Å²) in [4.78, 5) is 16.8. The van der Waals surface area contributed by atoms with E-state index in [4.69, 9.17) is 14.2 Å². The molecule has 1 aromatic carbocycles. The summed E-state index contributed by atoms with van der Waals surface area (Å²) in [5.41, 5.74) is 1.87.